The number of para-hydroxylation sites is 1. The molecule has 1 heterocycles. The van der Waals surface area contributed by atoms with Crippen molar-refractivity contribution >= 4 is 44.1 Å². The molecule has 39 heavy (non-hydrogen) atoms. The standard InChI is InChI=1S/C37H27NO/c1-37(2)32-15-6-5-11-28(32)29-13-8-16-33(34(29)37)38-25-20-17-24(18-21-25)27-12-7-14-30-31-22-19-23-9-3-4-10-26(23)36(31)39-35(27)30/h3-22,38H,1-2H3. The van der Waals surface area contributed by atoms with Crippen LogP contribution in [0.15, 0.2) is 126 Å². The van der Waals surface area contributed by atoms with Crippen LogP contribution in [-0.2, 0) is 5.41 Å². The number of furan rings is 1. The van der Waals surface area contributed by atoms with E-state index >= 15 is 0 Å². The molecule has 2 heteroatoms. The number of rotatable bonds is 3. The lowest BCUT2D eigenvalue weighted by Gasteiger charge is -2.24. The van der Waals surface area contributed by atoms with Gasteiger partial charge in [0, 0.05) is 38.5 Å². The average molecular weight is 502 g/mol. The summed E-state index contributed by atoms with van der Waals surface area (Å²) in [6.45, 7) is 4.65. The molecule has 0 saturated heterocycles. The number of nitrogens with one attached hydrogen (secondary N) is 1. The molecule has 1 aliphatic rings. The van der Waals surface area contributed by atoms with Crippen LogP contribution in [0.25, 0.3) is 55.0 Å². The number of hydrogen-bond donors (Lipinski definition) is 1. The van der Waals surface area contributed by atoms with E-state index in [1.165, 1.54) is 27.6 Å². The molecule has 0 amide bonds. The third-order valence-electron chi connectivity index (χ3n) is 8.44. The van der Waals surface area contributed by atoms with Crippen LogP contribution >= 0.6 is 0 Å². The monoisotopic (exact) mass is 501 g/mol. The van der Waals surface area contributed by atoms with E-state index in [2.05, 4.69) is 140 Å². The van der Waals surface area contributed by atoms with E-state index in [9.17, 15) is 0 Å². The molecule has 2 nitrogen and oxygen atoms in total. The minimum absolute atomic E-state index is 0.0590. The van der Waals surface area contributed by atoms with Crippen molar-refractivity contribution in [2.24, 2.45) is 0 Å². The summed E-state index contributed by atoms with van der Waals surface area (Å²) in [4.78, 5) is 0. The summed E-state index contributed by atoms with van der Waals surface area (Å²) in [5, 5.41) is 8.38. The lowest BCUT2D eigenvalue weighted by atomic mass is 9.81. The Morgan fingerprint density at radius 1 is 0.538 bits per heavy atom. The highest BCUT2D eigenvalue weighted by Crippen LogP contribution is 2.51. The van der Waals surface area contributed by atoms with E-state index in [0.717, 1.165) is 49.8 Å². The summed E-state index contributed by atoms with van der Waals surface area (Å²) >= 11 is 0. The number of hydrogen-bond acceptors (Lipinski definition) is 2. The van der Waals surface area contributed by atoms with Crippen LogP contribution in [0.4, 0.5) is 11.4 Å². The first-order valence-corrected chi connectivity index (χ1v) is 13.5. The minimum Gasteiger partial charge on any atom is -0.455 e. The molecule has 6 aromatic carbocycles. The highest BCUT2D eigenvalue weighted by Gasteiger charge is 2.37. The molecule has 1 N–H and O–H groups in total. The van der Waals surface area contributed by atoms with Gasteiger partial charge in [-0.3, -0.25) is 0 Å². The summed E-state index contributed by atoms with van der Waals surface area (Å²) in [7, 11) is 0. The fraction of sp³-hybridized carbons (Fsp3) is 0.0811. The molecule has 0 aliphatic heterocycles. The number of fused-ring (bicyclic) bond motifs is 8. The third-order valence-corrected chi connectivity index (χ3v) is 8.44. The fourth-order valence-corrected chi connectivity index (χ4v) is 6.59. The van der Waals surface area contributed by atoms with Crippen LogP contribution in [0.2, 0.25) is 0 Å². The van der Waals surface area contributed by atoms with Crippen LogP contribution < -0.4 is 5.32 Å². The van der Waals surface area contributed by atoms with Crippen LogP contribution in [0.5, 0.6) is 0 Å². The lowest BCUT2D eigenvalue weighted by Crippen LogP contribution is -2.16. The maximum Gasteiger partial charge on any atom is 0.143 e. The molecule has 0 radical (unpaired) electrons. The van der Waals surface area contributed by atoms with Gasteiger partial charge >= 0.3 is 0 Å². The number of anilines is 2. The van der Waals surface area contributed by atoms with Crippen molar-refractivity contribution in [3.8, 4) is 22.3 Å². The van der Waals surface area contributed by atoms with Gasteiger partial charge in [-0.05, 0) is 57.5 Å². The van der Waals surface area contributed by atoms with Crippen molar-refractivity contribution in [3.05, 3.63) is 132 Å². The Kier molecular flexibility index (Phi) is 4.60. The zero-order chi connectivity index (χ0) is 26.1. The van der Waals surface area contributed by atoms with Gasteiger partial charge in [0.25, 0.3) is 0 Å². The van der Waals surface area contributed by atoms with E-state index in [-0.39, 0.29) is 5.41 Å². The van der Waals surface area contributed by atoms with Crippen LogP contribution in [-0.4, -0.2) is 0 Å². The van der Waals surface area contributed by atoms with E-state index in [1.54, 1.807) is 0 Å². The van der Waals surface area contributed by atoms with Crippen molar-refractivity contribution in [2.45, 2.75) is 19.3 Å². The van der Waals surface area contributed by atoms with Gasteiger partial charge in [0.2, 0.25) is 0 Å². The largest absolute Gasteiger partial charge is 0.455 e. The van der Waals surface area contributed by atoms with Crippen molar-refractivity contribution < 1.29 is 4.42 Å². The Hall–Kier alpha value is -4.82. The summed E-state index contributed by atoms with van der Waals surface area (Å²) < 4.78 is 6.57. The summed E-state index contributed by atoms with van der Waals surface area (Å²) in [5.74, 6) is 0. The van der Waals surface area contributed by atoms with Gasteiger partial charge in [-0.15, -0.1) is 0 Å². The van der Waals surface area contributed by atoms with Gasteiger partial charge in [-0.1, -0.05) is 111 Å². The molecule has 0 saturated carbocycles. The molecule has 1 aliphatic carbocycles. The molecule has 186 valence electrons. The molecule has 0 unspecified atom stereocenters. The van der Waals surface area contributed by atoms with Crippen molar-refractivity contribution in [1.29, 1.82) is 0 Å². The lowest BCUT2D eigenvalue weighted by molar-refractivity contribution is 0.662. The molecular weight excluding hydrogens is 474 g/mol. The first-order valence-electron chi connectivity index (χ1n) is 13.5. The van der Waals surface area contributed by atoms with E-state index in [1.807, 2.05) is 0 Å². The summed E-state index contributed by atoms with van der Waals surface area (Å²) in [5.41, 5.74) is 11.7. The van der Waals surface area contributed by atoms with Gasteiger partial charge in [-0.2, -0.15) is 0 Å². The molecule has 0 fully saturated rings. The SMILES string of the molecule is CC1(C)c2ccccc2-c2cccc(Nc3ccc(-c4cccc5c4oc4c6ccccc6ccc54)cc3)c21. The van der Waals surface area contributed by atoms with Gasteiger partial charge in [0.1, 0.15) is 11.2 Å². The second-order valence-electron chi connectivity index (χ2n) is 11.0. The summed E-state index contributed by atoms with van der Waals surface area (Å²) in [6.07, 6.45) is 0. The fourth-order valence-electron chi connectivity index (χ4n) is 6.59. The highest BCUT2D eigenvalue weighted by molar-refractivity contribution is 6.17. The van der Waals surface area contributed by atoms with E-state index in [0.29, 0.717) is 0 Å². The van der Waals surface area contributed by atoms with Crippen LogP contribution in [0.3, 0.4) is 0 Å². The first kappa shape index (κ1) is 22.2. The summed E-state index contributed by atoms with van der Waals surface area (Å²) in [6, 6.07) is 43.3. The zero-order valence-electron chi connectivity index (χ0n) is 22.0. The first-order chi connectivity index (χ1) is 19.1. The molecule has 0 atom stereocenters. The normalized spacial score (nSPS) is 13.6. The second kappa shape index (κ2) is 8.09. The predicted octanol–water partition coefficient (Wildman–Crippen LogP) is 10.5. The topological polar surface area (TPSA) is 25.2 Å². The zero-order valence-corrected chi connectivity index (χ0v) is 22.0. The van der Waals surface area contributed by atoms with Crippen LogP contribution in [0.1, 0.15) is 25.0 Å². The quantitative estimate of drug-likeness (QED) is 0.260. The average Bonchev–Trinajstić information content (AvgIpc) is 3.47. The van der Waals surface area contributed by atoms with Crippen molar-refractivity contribution in [2.75, 3.05) is 5.32 Å². The third kappa shape index (κ3) is 3.21. The molecule has 0 spiro atoms. The Morgan fingerprint density at radius 3 is 2.13 bits per heavy atom. The molecule has 7 aromatic rings. The van der Waals surface area contributed by atoms with Gasteiger partial charge < -0.3 is 9.73 Å². The maximum atomic E-state index is 6.57. The highest BCUT2D eigenvalue weighted by atomic mass is 16.3. The number of benzene rings is 6. The van der Waals surface area contributed by atoms with Gasteiger partial charge in [0.15, 0.2) is 0 Å². The Morgan fingerprint density at radius 2 is 1.23 bits per heavy atom. The molecule has 8 rings (SSSR count). The molecule has 0 bridgehead atoms. The Bertz CT molecular complexity index is 2060. The minimum atomic E-state index is -0.0590. The van der Waals surface area contributed by atoms with Crippen LogP contribution in [0, 0.1) is 0 Å². The molecule has 1 aromatic heterocycles. The van der Waals surface area contributed by atoms with E-state index < -0.39 is 0 Å². The predicted molar refractivity (Wildman–Crippen MR) is 164 cm³/mol. The molecular formula is C37H27NO. The van der Waals surface area contributed by atoms with Gasteiger partial charge in [-0.25, -0.2) is 0 Å². The Balaban J connectivity index is 1.18. The van der Waals surface area contributed by atoms with Crippen molar-refractivity contribution in [3.63, 3.8) is 0 Å². The second-order valence-corrected chi connectivity index (χ2v) is 11.0. The Labute approximate surface area is 227 Å². The van der Waals surface area contributed by atoms with E-state index in [4.69, 9.17) is 4.42 Å². The maximum absolute atomic E-state index is 6.57. The van der Waals surface area contributed by atoms with Gasteiger partial charge in [0.05, 0.1) is 0 Å². The van der Waals surface area contributed by atoms with Crippen molar-refractivity contribution in [1.82, 2.24) is 0 Å². The smallest absolute Gasteiger partial charge is 0.143 e.